The summed E-state index contributed by atoms with van der Waals surface area (Å²) in [5.74, 6) is 1.73. The lowest BCUT2D eigenvalue weighted by molar-refractivity contribution is -0.127. The van der Waals surface area contributed by atoms with Gasteiger partial charge >= 0.3 is 0 Å². The standard InChI is InChI=1S/C25H29N3O3/c1-4-11-27-14-19(13-24(27)30)25-26-21-7-5-6-8-22(21)28(25)15-20(29)16-31-23-10-9-17(2)12-18(23)3/h4-10,12,19-20,29H,1,11,13-16H2,2-3H3/t19-,20-/m1/s1. The summed E-state index contributed by atoms with van der Waals surface area (Å²) in [5.41, 5.74) is 4.05. The SMILES string of the molecule is C=CCN1C[C@H](c2nc3ccccc3n2C[C@@H](O)COc2ccc(C)cc2C)CC1=O. The van der Waals surface area contributed by atoms with E-state index in [0.717, 1.165) is 28.2 Å². The number of carbonyl (C=O) groups is 1. The van der Waals surface area contributed by atoms with E-state index in [0.29, 0.717) is 26.1 Å². The Bertz CT molecular complexity index is 1100. The Hall–Kier alpha value is -3.12. The van der Waals surface area contributed by atoms with Crippen molar-refractivity contribution in [2.45, 2.75) is 38.8 Å². The minimum absolute atomic E-state index is 0.00712. The molecular formula is C25H29N3O3. The normalized spacial score (nSPS) is 17.3. The number of benzene rings is 2. The lowest BCUT2D eigenvalue weighted by Crippen LogP contribution is -2.26. The molecule has 2 heterocycles. The number of likely N-dealkylation sites (tertiary alicyclic amines) is 1. The van der Waals surface area contributed by atoms with Crippen molar-refractivity contribution < 1.29 is 14.6 Å². The van der Waals surface area contributed by atoms with Gasteiger partial charge in [0.05, 0.1) is 17.6 Å². The van der Waals surface area contributed by atoms with Crippen LogP contribution in [0.1, 0.15) is 29.3 Å². The summed E-state index contributed by atoms with van der Waals surface area (Å²) in [6.07, 6.45) is 1.46. The summed E-state index contributed by atoms with van der Waals surface area (Å²) in [7, 11) is 0. The molecule has 1 amide bonds. The molecule has 1 aliphatic rings. The van der Waals surface area contributed by atoms with Crippen molar-refractivity contribution in [2.24, 2.45) is 0 Å². The molecule has 0 bridgehead atoms. The van der Waals surface area contributed by atoms with Gasteiger partial charge in [0.25, 0.3) is 0 Å². The monoisotopic (exact) mass is 419 g/mol. The van der Waals surface area contributed by atoms with Crippen LogP contribution in [0, 0.1) is 13.8 Å². The Morgan fingerprint density at radius 2 is 2.10 bits per heavy atom. The van der Waals surface area contributed by atoms with E-state index in [4.69, 9.17) is 9.72 Å². The third kappa shape index (κ3) is 4.49. The Kier molecular flexibility index (Phi) is 6.09. The van der Waals surface area contributed by atoms with Crippen molar-refractivity contribution in [1.82, 2.24) is 14.5 Å². The first-order valence-electron chi connectivity index (χ1n) is 10.7. The predicted octanol–water partition coefficient (Wildman–Crippen LogP) is 3.59. The number of imidazole rings is 1. The molecule has 1 aromatic heterocycles. The minimum atomic E-state index is -0.710. The van der Waals surface area contributed by atoms with Crippen molar-refractivity contribution in [3.05, 3.63) is 72.1 Å². The van der Waals surface area contributed by atoms with Crippen LogP contribution in [0.2, 0.25) is 0 Å². The van der Waals surface area contributed by atoms with Crippen LogP contribution in [0.4, 0.5) is 0 Å². The Balaban J connectivity index is 1.54. The van der Waals surface area contributed by atoms with Crippen LogP contribution in [-0.4, -0.2) is 51.3 Å². The summed E-state index contributed by atoms with van der Waals surface area (Å²) < 4.78 is 7.93. The van der Waals surface area contributed by atoms with Crippen LogP contribution in [0.25, 0.3) is 11.0 Å². The van der Waals surface area contributed by atoms with Crippen LogP contribution in [-0.2, 0) is 11.3 Å². The van der Waals surface area contributed by atoms with Crippen LogP contribution in [0.15, 0.2) is 55.1 Å². The smallest absolute Gasteiger partial charge is 0.223 e. The fraction of sp³-hybridized carbons (Fsp3) is 0.360. The fourth-order valence-electron chi connectivity index (χ4n) is 4.29. The van der Waals surface area contributed by atoms with E-state index in [1.54, 1.807) is 11.0 Å². The van der Waals surface area contributed by atoms with E-state index in [1.807, 2.05) is 54.8 Å². The van der Waals surface area contributed by atoms with Gasteiger partial charge in [0, 0.05) is 25.4 Å². The van der Waals surface area contributed by atoms with Gasteiger partial charge in [-0.15, -0.1) is 6.58 Å². The molecule has 0 aliphatic carbocycles. The van der Waals surface area contributed by atoms with Gasteiger partial charge in [-0.2, -0.15) is 0 Å². The van der Waals surface area contributed by atoms with Crippen molar-refractivity contribution in [2.75, 3.05) is 19.7 Å². The van der Waals surface area contributed by atoms with Crippen molar-refractivity contribution in [1.29, 1.82) is 0 Å². The van der Waals surface area contributed by atoms with Gasteiger partial charge in [-0.25, -0.2) is 4.98 Å². The van der Waals surface area contributed by atoms with E-state index >= 15 is 0 Å². The fourth-order valence-corrected chi connectivity index (χ4v) is 4.29. The maximum absolute atomic E-state index is 12.4. The second-order valence-corrected chi connectivity index (χ2v) is 8.29. The van der Waals surface area contributed by atoms with Gasteiger partial charge in [0.2, 0.25) is 5.91 Å². The first kappa shape index (κ1) is 21.1. The van der Waals surface area contributed by atoms with Gasteiger partial charge in [-0.3, -0.25) is 4.79 Å². The molecule has 4 rings (SSSR count). The quantitative estimate of drug-likeness (QED) is 0.567. The number of aromatic nitrogens is 2. The van der Waals surface area contributed by atoms with Crippen molar-refractivity contribution >= 4 is 16.9 Å². The number of aryl methyl sites for hydroxylation is 2. The zero-order chi connectivity index (χ0) is 22.0. The lowest BCUT2D eigenvalue weighted by atomic mass is 10.1. The first-order valence-corrected chi connectivity index (χ1v) is 10.7. The van der Waals surface area contributed by atoms with Crippen LogP contribution >= 0.6 is 0 Å². The molecule has 1 N–H and O–H groups in total. The molecule has 1 fully saturated rings. The number of para-hydroxylation sites is 2. The van der Waals surface area contributed by atoms with Gasteiger partial charge < -0.3 is 19.3 Å². The molecule has 1 saturated heterocycles. The maximum Gasteiger partial charge on any atom is 0.223 e. The zero-order valence-electron chi connectivity index (χ0n) is 18.1. The lowest BCUT2D eigenvalue weighted by Gasteiger charge is -2.19. The average molecular weight is 420 g/mol. The highest BCUT2D eigenvalue weighted by atomic mass is 16.5. The number of nitrogens with zero attached hydrogens (tertiary/aromatic N) is 3. The molecule has 162 valence electrons. The minimum Gasteiger partial charge on any atom is -0.491 e. The van der Waals surface area contributed by atoms with Gasteiger partial charge in [0.1, 0.15) is 24.3 Å². The topological polar surface area (TPSA) is 67.6 Å². The van der Waals surface area contributed by atoms with Gasteiger partial charge in [-0.05, 0) is 37.6 Å². The second-order valence-electron chi connectivity index (χ2n) is 8.29. The molecule has 2 aromatic carbocycles. The molecule has 6 heteroatoms. The Labute approximate surface area is 182 Å². The van der Waals surface area contributed by atoms with Crippen molar-refractivity contribution in [3.63, 3.8) is 0 Å². The molecule has 0 radical (unpaired) electrons. The van der Waals surface area contributed by atoms with Crippen LogP contribution < -0.4 is 4.74 Å². The number of carbonyl (C=O) groups excluding carboxylic acids is 1. The number of rotatable bonds is 8. The molecule has 3 aromatic rings. The molecule has 0 saturated carbocycles. The molecule has 6 nitrogen and oxygen atoms in total. The van der Waals surface area contributed by atoms with E-state index < -0.39 is 6.10 Å². The summed E-state index contributed by atoms with van der Waals surface area (Å²) in [4.78, 5) is 19.0. The number of amides is 1. The second kappa shape index (κ2) is 8.94. The van der Waals surface area contributed by atoms with Crippen molar-refractivity contribution in [3.8, 4) is 5.75 Å². The van der Waals surface area contributed by atoms with E-state index in [9.17, 15) is 9.90 Å². The number of aliphatic hydroxyl groups excluding tert-OH is 1. The van der Waals surface area contributed by atoms with Crippen LogP contribution in [0.5, 0.6) is 5.75 Å². The number of aliphatic hydroxyl groups is 1. The number of ether oxygens (including phenoxy) is 1. The molecule has 2 atom stereocenters. The predicted molar refractivity (Wildman–Crippen MR) is 121 cm³/mol. The molecule has 31 heavy (non-hydrogen) atoms. The Morgan fingerprint density at radius 3 is 2.87 bits per heavy atom. The number of fused-ring (bicyclic) bond motifs is 1. The first-order chi connectivity index (χ1) is 15.0. The summed E-state index contributed by atoms with van der Waals surface area (Å²) >= 11 is 0. The van der Waals surface area contributed by atoms with Gasteiger partial charge in [0.15, 0.2) is 0 Å². The van der Waals surface area contributed by atoms with E-state index in [-0.39, 0.29) is 18.4 Å². The average Bonchev–Trinajstić information content (AvgIpc) is 3.28. The Morgan fingerprint density at radius 1 is 1.29 bits per heavy atom. The molecule has 0 spiro atoms. The summed E-state index contributed by atoms with van der Waals surface area (Å²) in [6, 6.07) is 13.9. The van der Waals surface area contributed by atoms with Gasteiger partial charge in [-0.1, -0.05) is 35.9 Å². The highest BCUT2D eigenvalue weighted by Gasteiger charge is 2.33. The van der Waals surface area contributed by atoms with E-state index in [1.165, 1.54) is 5.56 Å². The highest BCUT2D eigenvalue weighted by Crippen LogP contribution is 2.30. The molecule has 1 aliphatic heterocycles. The number of hydrogen-bond donors (Lipinski definition) is 1. The third-order valence-electron chi connectivity index (χ3n) is 5.77. The largest absolute Gasteiger partial charge is 0.491 e. The molecular weight excluding hydrogens is 390 g/mol. The maximum atomic E-state index is 12.4. The third-order valence-corrected chi connectivity index (χ3v) is 5.77. The zero-order valence-corrected chi connectivity index (χ0v) is 18.1. The summed E-state index contributed by atoms with van der Waals surface area (Å²) in [6.45, 7) is 9.48. The highest BCUT2D eigenvalue weighted by molar-refractivity contribution is 5.81. The van der Waals surface area contributed by atoms with E-state index in [2.05, 4.69) is 12.6 Å². The van der Waals surface area contributed by atoms with Crippen LogP contribution in [0.3, 0.4) is 0 Å². The summed E-state index contributed by atoms with van der Waals surface area (Å²) in [5, 5.41) is 10.8. The molecule has 0 unspecified atom stereocenters. The number of hydrogen-bond acceptors (Lipinski definition) is 4.